The lowest BCUT2D eigenvalue weighted by Gasteiger charge is -2.33. The molecule has 13 rings (SSSR count). The van der Waals surface area contributed by atoms with E-state index in [1.165, 1.54) is 75.1 Å². The van der Waals surface area contributed by atoms with Crippen LogP contribution in [0.4, 0.5) is 0 Å². The van der Waals surface area contributed by atoms with Crippen molar-refractivity contribution in [2.24, 2.45) is 4.99 Å². The van der Waals surface area contributed by atoms with Gasteiger partial charge in [-0.3, -0.25) is 5.32 Å². The van der Waals surface area contributed by atoms with Crippen molar-refractivity contribution in [3.05, 3.63) is 229 Å². The largest absolute Gasteiger partial charge is 0.350 e. The maximum Gasteiger partial charge on any atom is 0.131 e. The lowest BCUT2D eigenvalue weighted by molar-refractivity contribution is 0.411. The summed E-state index contributed by atoms with van der Waals surface area (Å²) in [6.07, 6.45) is -0.533. The van der Waals surface area contributed by atoms with Crippen molar-refractivity contribution in [1.29, 1.82) is 0 Å². The number of hydrogen-bond donors (Lipinski definition) is 2. The minimum atomic E-state index is -0.271. The van der Waals surface area contributed by atoms with Gasteiger partial charge in [-0.1, -0.05) is 152 Å². The number of fused-ring (bicyclic) bond motifs is 9. The number of nitrogens with zero attached hydrogens (tertiary/aromatic N) is 3. The fourth-order valence-electron chi connectivity index (χ4n) is 9.92. The van der Waals surface area contributed by atoms with Gasteiger partial charge < -0.3 is 14.5 Å². The Labute approximate surface area is 367 Å². The third kappa shape index (κ3) is 5.83. The highest BCUT2D eigenvalue weighted by molar-refractivity contribution is 7.25. The number of para-hydroxylation sites is 3. The molecular weight excluding hydrogens is 787 g/mol. The Morgan fingerprint density at radius 1 is 0.413 bits per heavy atom. The topological polar surface area (TPSA) is 46.3 Å². The molecule has 0 saturated carbocycles. The van der Waals surface area contributed by atoms with Gasteiger partial charge in [0.05, 0.1) is 22.1 Å². The number of amidine groups is 1. The van der Waals surface area contributed by atoms with Gasteiger partial charge in [-0.15, -0.1) is 11.3 Å². The number of hydrogen-bond acceptors (Lipinski definition) is 4. The quantitative estimate of drug-likeness (QED) is 0.175. The zero-order valence-corrected chi connectivity index (χ0v) is 34.9. The number of benzene rings is 9. The van der Waals surface area contributed by atoms with Gasteiger partial charge in [-0.2, -0.15) is 0 Å². The first-order valence-electron chi connectivity index (χ1n) is 21.5. The lowest BCUT2D eigenvalue weighted by Crippen LogP contribution is -2.45. The van der Waals surface area contributed by atoms with Crippen LogP contribution in [-0.2, 0) is 0 Å². The summed E-state index contributed by atoms with van der Waals surface area (Å²) in [6, 6.07) is 76.8. The molecule has 12 aromatic rings. The smallest absolute Gasteiger partial charge is 0.131 e. The molecule has 0 bridgehead atoms. The van der Waals surface area contributed by atoms with Crippen molar-refractivity contribution in [3.63, 3.8) is 0 Å². The molecule has 63 heavy (non-hydrogen) atoms. The first-order valence-corrected chi connectivity index (χ1v) is 22.3. The number of nitrogens with one attached hydrogen (secondary N) is 2. The van der Waals surface area contributed by atoms with E-state index in [9.17, 15) is 0 Å². The Balaban J connectivity index is 1.07. The third-order valence-corrected chi connectivity index (χ3v) is 13.9. The summed E-state index contributed by atoms with van der Waals surface area (Å²) in [5, 5.41) is 15.4. The van der Waals surface area contributed by atoms with Crippen LogP contribution in [-0.4, -0.2) is 15.0 Å². The van der Waals surface area contributed by atoms with E-state index < -0.39 is 0 Å². The van der Waals surface area contributed by atoms with E-state index in [1.54, 1.807) is 0 Å². The Morgan fingerprint density at radius 3 is 1.73 bits per heavy atom. The van der Waals surface area contributed by atoms with Crippen LogP contribution in [0.3, 0.4) is 0 Å². The molecule has 298 valence electrons. The molecule has 9 aromatic carbocycles. The van der Waals surface area contributed by atoms with Gasteiger partial charge >= 0.3 is 0 Å². The molecule has 0 spiro atoms. The number of rotatable bonds is 6. The van der Waals surface area contributed by atoms with Crippen molar-refractivity contribution in [3.8, 4) is 22.5 Å². The molecule has 0 aliphatic carbocycles. The molecule has 0 saturated heterocycles. The van der Waals surface area contributed by atoms with Crippen LogP contribution < -0.4 is 10.6 Å². The van der Waals surface area contributed by atoms with Crippen LogP contribution in [0.15, 0.2) is 217 Å². The summed E-state index contributed by atoms with van der Waals surface area (Å²) in [4.78, 5) is 5.29. The highest BCUT2D eigenvalue weighted by atomic mass is 32.1. The standard InChI is InChI=1S/C57H39N5S/c1-5-17-36(18-6-1)39-31-47(57-59-55(37-19-7-2-8-20-37)58-56(60-57)38-21-9-3-10-22-38)54-46-34-45-44-30-29-41(62-48-27-15-13-25-42(48)43-26-14-16-28-49(43)62)33-52(44)63-53(45)35-50(46)61(51(54)32-39)40-23-11-4-12-24-40/h1-35,55,57,59H,(H,58,60). The third-order valence-electron chi connectivity index (χ3n) is 12.8. The number of thiophene rings is 1. The fraction of sp³-hybridized carbons (Fsp3) is 0.0351. The van der Waals surface area contributed by atoms with Gasteiger partial charge in [0.1, 0.15) is 18.2 Å². The van der Waals surface area contributed by atoms with Gasteiger partial charge in [0.2, 0.25) is 0 Å². The summed E-state index contributed by atoms with van der Waals surface area (Å²) in [5.41, 5.74) is 12.7. The first kappa shape index (κ1) is 35.9. The Kier molecular flexibility index (Phi) is 8.22. The van der Waals surface area contributed by atoms with Crippen LogP contribution in [0.25, 0.3) is 86.3 Å². The highest BCUT2D eigenvalue weighted by Crippen LogP contribution is 2.45. The van der Waals surface area contributed by atoms with Crippen LogP contribution in [0.1, 0.15) is 29.0 Å². The van der Waals surface area contributed by atoms with Crippen molar-refractivity contribution in [2.75, 3.05) is 0 Å². The van der Waals surface area contributed by atoms with E-state index in [4.69, 9.17) is 4.99 Å². The lowest BCUT2D eigenvalue weighted by atomic mass is 9.95. The van der Waals surface area contributed by atoms with Gasteiger partial charge in [0.15, 0.2) is 0 Å². The number of aliphatic imine (C=N–C) groups is 1. The van der Waals surface area contributed by atoms with E-state index in [1.807, 2.05) is 11.3 Å². The summed E-state index contributed by atoms with van der Waals surface area (Å²) in [7, 11) is 0. The number of aromatic nitrogens is 2. The monoisotopic (exact) mass is 825 g/mol. The van der Waals surface area contributed by atoms with Gasteiger partial charge in [0, 0.05) is 58.7 Å². The fourth-order valence-corrected chi connectivity index (χ4v) is 11.1. The van der Waals surface area contributed by atoms with Crippen LogP contribution in [0.5, 0.6) is 0 Å². The first-order chi connectivity index (χ1) is 31.2. The van der Waals surface area contributed by atoms with E-state index in [-0.39, 0.29) is 12.3 Å². The predicted molar refractivity (Wildman–Crippen MR) is 265 cm³/mol. The van der Waals surface area contributed by atoms with Gasteiger partial charge in [-0.05, 0) is 82.9 Å². The van der Waals surface area contributed by atoms with E-state index >= 15 is 0 Å². The summed E-state index contributed by atoms with van der Waals surface area (Å²) < 4.78 is 7.41. The maximum absolute atomic E-state index is 5.29. The van der Waals surface area contributed by atoms with Gasteiger partial charge in [-0.25, -0.2) is 4.99 Å². The van der Waals surface area contributed by atoms with E-state index in [2.05, 4.69) is 232 Å². The molecular formula is C57H39N5S. The summed E-state index contributed by atoms with van der Waals surface area (Å²) in [5.74, 6) is 0.864. The predicted octanol–water partition coefficient (Wildman–Crippen LogP) is 14.3. The minimum Gasteiger partial charge on any atom is -0.350 e. The zero-order chi connectivity index (χ0) is 41.4. The maximum atomic E-state index is 5.29. The average Bonchev–Trinajstić information content (AvgIpc) is 4.00. The SMILES string of the molecule is c1ccc(C2=NC(c3ccccc3)NC(c3cc(-c4ccccc4)cc4c3c3cc5c(cc3n4-c3ccccc3)sc3cc(-n4c6ccccc6c6ccccc64)ccc35)N2)cc1. The second kappa shape index (κ2) is 14.4. The van der Waals surface area contributed by atoms with Crippen molar-refractivity contribution in [2.45, 2.75) is 12.3 Å². The molecule has 3 aromatic heterocycles. The van der Waals surface area contributed by atoms with Crippen LogP contribution in [0, 0.1) is 0 Å². The Morgan fingerprint density at radius 2 is 1.02 bits per heavy atom. The summed E-state index contributed by atoms with van der Waals surface area (Å²) >= 11 is 1.87. The van der Waals surface area contributed by atoms with E-state index in [0.717, 1.165) is 33.7 Å². The molecule has 2 atom stereocenters. The Hall–Kier alpha value is -7.77. The molecule has 0 radical (unpaired) electrons. The molecule has 5 nitrogen and oxygen atoms in total. The van der Waals surface area contributed by atoms with Crippen LogP contribution in [0.2, 0.25) is 0 Å². The molecule has 2 N–H and O–H groups in total. The molecule has 1 aliphatic heterocycles. The summed E-state index contributed by atoms with van der Waals surface area (Å²) in [6.45, 7) is 0. The average molecular weight is 826 g/mol. The Bertz CT molecular complexity index is 3680. The normalized spacial score (nSPS) is 15.5. The van der Waals surface area contributed by atoms with Crippen molar-refractivity contribution >= 4 is 81.0 Å². The van der Waals surface area contributed by atoms with Crippen molar-refractivity contribution in [1.82, 2.24) is 19.8 Å². The molecule has 6 heteroatoms. The highest BCUT2D eigenvalue weighted by Gasteiger charge is 2.29. The molecule has 1 aliphatic rings. The van der Waals surface area contributed by atoms with Crippen LogP contribution >= 0.6 is 11.3 Å². The minimum absolute atomic E-state index is 0.262. The zero-order valence-electron chi connectivity index (χ0n) is 34.1. The molecule has 2 unspecified atom stereocenters. The second-order valence-electron chi connectivity index (χ2n) is 16.4. The molecule has 4 heterocycles. The molecule has 0 fully saturated rings. The molecule has 0 amide bonds. The second-order valence-corrected chi connectivity index (χ2v) is 17.5. The van der Waals surface area contributed by atoms with Gasteiger partial charge in [0.25, 0.3) is 0 Å². The van der Waals surface area contributed by atoms with Crippen molar-refractivity contribution < 1.29 is 0 Å². The van der Waals surface area contributed by atoms with E-state index in [0.29, 0.717) is 0 Å².